The van der Waals surface area contributed by atoms with Crippen molar-refractivity contribution in [1.82, 2.24) is 5.32 Å². The first-order chi connectivity index (χ1) is 10.1. The number of hydrogen-bond acceptors (Lipinski definition) is 1. The van der Waals surface area contributed by atoms with E-state index in [0.717, 1.165) is 11.6 Å². The Balaban J connectivity index is 2.05. The van der Waals surface area contributed by atoms with Gasteiger partial charge in [-0.25, -0.2) is 8.78 Å². The maximum absolute atomic E-state index is 13.5. The molecule has 2 rings (SSSR count). The van der Waals surface area contributed by atoms with Gasteiger partial charge < -0.3 is 5.32 Å². The van der Waals surface area contributed by atoms with E-state index in [2.05, 4.69) is 5.32 Å². The third-order valence-corrected chi connectivity index (χ3v) is 3.38. The van der Waals surface area contributed by atoms with Gasteiger partial charge in [-0.15, -0.1) is 11.6 Å². The lowest BCUT2D eigenvalue weighted by Gasteiger charge is -2.16. The van der Waals surface area contributed by atoms with Gasteiger partial charge in [-0.05, 0) is 11.6 Å². The summed E-state index contributed by atoms with van der Waals surface area (Å²) in [5.74, 6) is -2.16. The van der Waals surface area contributed by atoms with Crippen molar-refractivity contribution in [2.45, 2.75) is 12.5 Å². The third-order valence-electron chi connectivity index (χ3n) is 3.07. The van der Waals surface area contributed by atoms with Crippen LogP contribution < -0.4 is 5.32 Å². The molecule has 2 aromatic carbocycles. The van der Waals surface area contributed by atoms with Crippen molar-refractivity contribution in [2.24, 2.45) is 0 Å². The average Bonchev–Trinajstić information content (AvgIpc) is 2.50. The SMILES string of the molecule is O=C(Cc1cccc(F)c1F)NC(CCl)c1ccccc1. The molecule has 0 radical (unpaired) electrons. The fourth-order valence-electron chi connectivity index (χ4n) is 2.00. The Morgan fingerprint density at radius 2 is 1.81 bits per heavy atom. The lowest BCUT2D eigenvalue weighted by molar-refractivity contribution is -0.121. The van der Waals surface area contributed by atoms with Crippen LogP contribution in [0, 0.1) is 11.6 Å². The van der Waals surface area contributed by atoms with Crippen LogP contribution in [0.2, 0.25) is 0 Å². The zero-order chi connectivity index (χ0) is 15.2. The third kappa shape index (κ3) is 4.02. The molecule has 0 saturated heterocycles. The maximum atomic E-state index is 13.5. The lowest BCUT2D eigenvalue weighted by atomic mass is 10.1. The van der Waals surface area contributed by atoms with Gasteiger partial charge in [0.2, 0.25) is 5.91 Å². The Bertz CT molecular complexity index is 619. The molecule has 1 unspecified atom stereocenters. The van der Waals surface area contributed by atoms with Crippen LogP contribution in [-0.2, 0) is 11.2 Å². The highest BCUT2D eigenvalue weighted by atomic mass is 35.5. The van der Waals surface area contributed by atoms with Gasteiger partial charge in [-0.2, -0.15) is 0 Å². The summed E-state index contributed by atoms with van der Waals surface area (Å²) in [4.78, 5) is 12.0. The molecule has 5 heteroatoms. The van der Waals surface area contributed by atoms with Crippen LogP contribution in [0.15, 0.2) is 48.5 Å². The first kappa shape index (κ1) is 15.4. The quantitative estimate of drug-likeness (QED) is 0.840. The van der Waals surface area contributed by atoms with E-state index in [1.807, 2.05) is 30.3 Å². The van der Waals surface area contributed by atoms with Gasteiger partial charge in [-0.3, -0.25) is 4.79 Å². The number of carbonyl (C=O) groups excluding carboxylic acids is 1. The summed E-state index contributed by atoms with van der Waals surface area (Å²) in [6, 6.07) is 12.6. The number of amides is 1. The minimum atomic E-state index is -0.991. The van der Waals surface area contributed by atoms with E-state index in [-0.39, 0.29) is 23.9 Å². The molecule has 110 valence electrons. The summed E-state index contributed by atoms with van der Waals surface area (Å²) < 4.78 is 26.6. The zero-order valence-electron chi connectivity index (χ0n) is 11.2. The first-order valence-electron chi connectivity index (χ1n) is 6.45. The van der Waals surface area contributed by atoms with Gasteiger partial charge in [0, 0.05) is 11.4 Å². The van der Waals surface area contributed by atoms with E-state index >= 15 is 0 Å². The number of carbonyl (C=O) groups is 1. The normalized spacial score (nSPS) is 12.0. The van der Waals surface area contributed by atoms with Gasteiger partial charge in [0.1, 0.15) is 0 Å². The Hall–Kier alpha value is -1.94. The molecule has 0 spiro atoms. The predicted octanol–water partition coefficient (Wildman–Crippen LogP) is 3.60. The van der Waals surface area contributed by atoms with Crippen molar-refractivity contribution in [2.75, 3.05) is 5.88 Å². The average molecular weight is 310 g/mol. The topological polar surface area (TPSA) is 29.1 Å². The van der Waals surface area contributed by atoms with Crippen molar-refractivity contribution < 1.29 is 13.6 Å². The van der Waals surface area contributed by atoms with E-state index in [1.165, 1.54) is 12.1 Å². The highest BCUT2D eigenvalue weighted by molar-refractivity contribution is 6.18. The van der Waals surface area contributed by atoms with Crippen LogP contribution >= 0.6 is 11.6 Å². The fourth-order valence-corrected chi connectivity index (χ4v) is 2.25. The van der Waals surface area contributed by atoms with Gasteiger partial charge in [0.15, 0.2) is 11.6 Å². The number of nitrogens with one attached hydrogen (secondary N) is 1. The molecular weight excluding hydrogens is 296 g/mol. The lowest BCUT2D eigenvalue weighted by Crippen LogP contribution is -2.31. The highest BCUT2D eigenvalue weighted by Crippen LogP contribution is 2.16. The van der Waals surface area contributed by atoms with E-state index in [9.17, 15) is 13.6 Å². The standard InChI is InChI=1S/C16H14ClF2NO/c17-10-14(11-5-2-1-3-6-11)20-15(21)9-12-7-4-8-13(18)16(12)19/h1-8,14H,9-10H2,(H,20,21). The number of benzene rings is 2. The zero-order valence-corrected chi connectivity index (χ0v) is 11.9. The second-order valence-corrected chi connectivity index (χ2v) is 4.88. The maximum Gasteiger partial charge on any atom is 0.225 e. The Morgan fingerprint density at radius 3 is 2.48 bits per heavy atom. The molecule has 0 aliphatic carbocycles. The number of rotatable bonds is 5. The summed E-state index contributed by atoms with van der Waals surface area (Å²) >= 11 is 5.86. The summed E-state index contributed by atoms with van der Waals surface area (Å²) in [7, 11) is 0. The van der Waals surface area contributed by atoms with E-state index in [1.54, 1.807) is 0 Å². The summed E-state index contributed by atoms with van der Waals surface area (Å²) in [5, 5.41) is 2.72. The van der Waals surface area contributed by atoms with Crippen molar-refractivity contribution in [3.8, 4) is 0 Å². The number of alkyl halides is 1. The van der Waals surface area contributed by atoms with E-state index < -0.39 is 17.5 Å². The number of halogens is 3. The summed E-state index contributed by atoms with van der Waals surface area (Å²) in [6.07, 6.45) is -0.232. The molecule has 0 heterocycles. The largest absolute Gasteiger partial charge is 0.348 e. The second-order valence-electron chi connectivity index (χ2n) is 4.57. The van der Waals surface area contributed by atoms with Crippen LogP contribution in [0.4, 0.5) is 8.78 Å². The van der Waals surface area contributed by atoms with Crippen molar-refractivity contribution in [3.63, 3.8) is 0 Å². The minimum absolute atomic E-state index is 0.0221. The Morgan fingerprint density at radius 1 is 1.10 bits per heavy atom. The molecule has 0 bridgehead atoms. The van der Waals surface area contributed by atoms with Crippen molar-refractivity contribution in [1.29, 1.82) is 0 Å². The molecule has 2 nitrogen and oxygen atoms in total. The second kappa shape index (κ2) is 7.18. The monoisotopic (exact) mass is 309 g/mol. The predicted molar refractivity (Wildman–Crippen MR) is 78.1 cm³/mol. The molecular formula is C16H14ClF2NO. The molecule has 1 amide bonds. The van der Waals surface area contributed by atoms with Gasteiger partial charge in [0.05, 0.1) is 12.5 Å². The summed E-state index contributed by atoms with van der Waals surface area (Å²) in [6.45, 7) is 0. The minimum Gasteiger partial charge on any atom is -0.348 e. The molecule has 21 heavy (non-hydrogen) atoms. The molecule has 1 N–H and O–H groups in total. The molecule has 0 fully saturated rings. The fraction of sp³-hybridized carbons (Fsp3) is 0.188. The van der Waals surface area contributed by atoms with Crippen molar-refractivity contribution in [3.05, 3.63) is 71.3 Å². The molecule has 1 atom stereocenters. The van der Waals surface area contributed by atoms with Crippen LogP contribution in [0.1, 0.15) is 17.2 Å². The number of hydrogen-bond donors (Lipinski definition) is 1. The molecule has 0 aromatic heterocycles. The first-order valence-corrected chi connectivity index (χ1v) is 6.98. The van der Waals surface area contributed by atoms with E-state index in [4.69, 9.17) is 11.6 Å². The van der Waals surface area contributed by atoms with E-state index in [0.29, 0.717) is 0 Å². The van der Waals surface area contributed by atoms with Gasteiger partial charge >= 0.3 is 0 Å². The summed E-state index contributed by atoms with van der Waals surface area (Å²) in [5.41, 5.74) is 0.884. The Labute approximate surface area is 126 Å². The molecule has 0 saturated carbocycles. The van der Waals surface area contributed by atoms with Crippen LogP contribution in [-0.4, -0.2) is 11.8 Å². The smallest absolute Gasteiger partial charge is 0.225 e. The van der Waals surface area contributed by atoms with Crippen LogP contribution in [0.25, 0.3) is 0 Å². The van der Waals surface area contributed by atoms with Gasteiger partial charge in [0.25, 0.3) is 0 Å². The molecule has 0 aliphatic rings. The van der Waals surface area contributed by atoms with Crippen molar-refractivity contribution >= 4 is 17.5 Å². The van der Waals surface area contributed by atoms with Gasteiger partial charge in [-0.1, -0.05) is 42.5 Å². The highest BCUT2D eigenvalue weighted by Gasteiger charge is 2.16. The molecule has 0 aliphatic heterocycles. The Kier molecular flexibility index (Phi) is 5.28. The molecule has 2 aromatic rings. The van der Waals surface area contributed by atoms with Crippen LogP contribution in [0.3, 0.4) is 0 Å². The van der Waals surface area contributed by atoms with Crippen LogP contribution in [0.5, 0.6) is 0 Å².